The number of rotatable bonds is 4. The number of halogens is 1. The van der Waals surface area contributed by atoms with E-state index >= 15 is 0 Å². The molecule has 5 aromatic rings. The molecular weight excluding hydrogens is 464 g/mol. The third kappa shape index (κ3) is 3.50. The molecule has 0 amide bonds. The molecule has 32 heavy (non-hydrogen) atoms. The Balaban J connectivity index is 1.23. The number of piperazine rings is 1. The molecule has 0 unspecified atom stereocenters. The van der Waals surface area contributed by atoms with Gasteiger partial charge < -0.3 is 9.80 Å². The van der Waals surface area contributed by atoms with Gasteiger partial charge in [-0.05, 0) is 29.6 Å². The van der Waals surface area contributed by atoms with Crippen LogP contribution in [0.25, 0.3) is 26.6 Å². The number of hydrogen-bond acceptors (Lipinski definition) is 9. The van der Waals surface area contributed by atoms with Crippen LogP contribution in [-0.2, 0) is 0 Å². The Morgan fingerprint density at radius 1 is 0.938 bits per heavy atom. The molecule has 1 saturated heterocycles. The molecule has 0 aliphatic carbocycles. The summed E-state index contributed by atoms with van der Waals surface area (Å²) >= 11 is 9.50. The number of fused-ring (bicyclic) bond motifs is 1. The number of anilines is 2. The molecule has 0 bridgehead atoms. The van der Waals surface area contributed by atoms with Gasteiger partial charge >= 0.3 is 0 Å². The second kappa shape index (κ2) is 8.12. The van der Waals surface area contributed by atoms with Gasteiger partial charge in [-0.2, -0.15) is 5.10 Å². The fraction of sp³-hybridized carbons (Fsp3) is 0.190. The summed E-state index contributed by atoms with van der Waals surface area (Å²) in [5.41, 5.74) is 1.64. The van der Waals surface area contributed by atoms with Crippen molar-refractivity contribution in [2.75, 3.05) is 36.0 Å². The molecule has 1 aliphatic rings. The summed E-state index contributed by atoms with van der Waals surface area (Å²) in [4.78, 5) is 14.8. The third-order valence-electron chi connectivity index (χ3n) is 5.39. The predicted molar refractivity (Wildman–Crippen MR) is 129 cm³/mol. The zero-order chi connectivity index (χ0) is 21.5. The summed E-state index contributed by atoms with van der Waals surface area (Å²) < 4.78 is 1.80. The Kier molecular flexibility index (Phi) is 4.97. The van der Waals surface area contributed by atoms with Crippen molar-refractivity contribution >= 4 is 56.3 Å². The molecule has 0 spiro atoms. The highest BCUT2D eigenvalue weighted by molar-refractivity contribution is 7.22. The molecule has 0 atom stereocenters. The summed E-state index contributed by atoms with van der Waals surface area (Å²) in [5, 5.41) is 18.9. The van der Waals surface area contributed by atoms with E-state index in [-0.39, 0.29) is 0 Å². The van der Waals surface area contributed by atoms with Crippen LogP contribution in [0, 0.1) is 0 Å². The van der Waals surface area contributed by atoms with Gasteiger partial charge in [-0.25, -0.2) is 14.6 Å². The maximum atomic E-state index is 6.17. The molecule has 4 aromatic heterocycles. The quantitative estimate of drug-likeness (QED) is 0.378. The van der Waals surface area contributed by atoms with Gasteiger partial charge in [-0.1, -0.05) is 35.1 Å². The van der Waals surface area contributed by atoms with Crippen molar-refractivity contribution in [1.29, 1.82) is 0 Å². The van der Waals surface area contributed by atoms with E-state index in [2.05, 4.69) is 46.5 Å². The lowest BCUT2D eigenvalue weighted by atomic mass is 10.3. The summed E-state index contributed by atoms with van der Waals surface area (Å²) in [6.07, 6.45) is 3.43. The van der Waals surface area contributed by atoms with Crippen molar-refractivity contribution in [3.8, 4) is 15.6 Å². The topological polar surface area (TPSA) is 75.9 Å². The Bertz CT molecular complexity index is 1370. The lowest BCUT2D eigenvalue weighted by Crippen LogP contribution is -2.46. The number of aromatic nitrogens is 6. The third-order valence-corrected chi connectivity index (χ3v) is 7.65. The van der Waals surface area contributed by atoms with E-state index in [0.29, 0.717) is 5.02 Å². The fourth-order valence-electron chi connectivity index (χ4n) is 3.83. The molecule has 1 fully saturated rings. The molecule has 1 aromatic carbocycles. The molecule has 8 nitrogen and oxygen atoms in total. The summed E-state index contributed by atoms with van der Waals surface area (Å²) in [6, 6.07) is 11.7. The van der Waals surface area contributed by atoms with Crippen molar-refractivity contribution in [3.63, 3.8) is 0 Å². The highest BCUT2D eigenvalue weighted by Crippen LogP contribution is 2.32. The Labute approximate surface area is 196 Å². The average Bonchev–Trinajstić information content (AvgIpc) is 3.59. The van der Waals surface area contributed by atoms with Crippen molar-refractivity contribution < 1.29 is 0 Å². The van der Waals surface area contributed by atoms with Crippen LogP contribution in [0.1, 0.15) is 0 Å². The van der Waals surface area contributed by atoms with Gasteiger partial charge in [-0.3, -0.25) is 0 Å². The largest absolute Gasteiger partial charge is 0.352 e. The normalized spacial score (nSPS) is 14.4. The Morgan fingerprint density at radius 3 is 2.62 bits per heavy atom. The highest BCUT2D eigenvalue weighted by Gasteiger charge is 2.24. The van der Waals surface area contributed by atoms with Gasteiger partial charge in [0.1, 0.15) is 12.1 Å². The monoisotopic (exact) mass is 480 g/mol. The first-order valence-corrected chi connectivity index (χ1v) is 12.2. The van der Waals surface area contributed by atoms with Gasteiger partial charge in [0.2, 0.25) is 5.13 Å². The van der Waals surface area contributed by atoms with Crippen LogP contribution in [0.5, 0.6) is 0 Å². The zero-order valence-corrected chi connectivity index (χ0v) is 19.2. The number of benzene rings is 1. The highest BCUT2D eigenvalue weighted by atomic mass is 35.5. The van der Waals surface area contributed by atoms with E-state index in [1.54, 1.807) is 33.7 Å². The van der Waals surface area contributed by atoms with Crippen LogP contribution < -0.4 is 9.80 Å². The van der Waals surface area contributed by atoms with Crippen molar-refractivity contribution in [1.82, 2.24) is 29.9 Å². The molecule has 0 radical (unpaired) electrons. The summed E-state index contributed by atoms with van der Waals surface area (Å²) in [7, 11) is 0. The summed E-state index contributed by atoms with van der Waals surface area (Å²) in [6.45, 7) is 3.38. The molecule has 160 valence electrons. The molecular formula is C21H17ClN8S2. The van der Waals surface area contributed by atoms with E-state index in [4.69, 9.17) is 11.6 Å². The smallest absolute Gasteiger partial charge is 0.208 e. The van der Waals surface area contributed by atoms with Gasteiger partial charge in [0, 0.05) is 31.2 Å². The van der Waals surface area contributed by atoms with Crippen LogP contribution in [0.4, 0.5) is 10.9 Å². The van der Waals surface area contributed by atoms with Crippen LogP contribution in [-0.4, -0.2) is 56.1 Å². The molecule has 1 aliphatic heterocycles. The second-order valence-corrected chi connectivity index (χ2v) is 9.65. The van der Waals surface area contributed by atoms with E-state index in [0.717, 1.165) is 63.7 Å². The second-order valence-electron chi connectivity index (χ2n) is 7.31. The van der Waals surface area contributed by atoms with Gasteiger partial charge in [0.05, 0.1) is 22.1 Å². The van der Waals surface area contributed by atoms with Crippen LogP contribution in [0.3, 0.4) is 0 Å². The first-order chi connectivity index (χ1) is 15.8. The van der Waals surface area contributed by atoms with Gasteiger partial charge in [-0.15, -0.1) is 21.5 Å². The van der Waals surface area contributed by atoms with Crippen molar-refractivity contribution in [2.24, 2.45) is 0 Å². The minimum Gasteiger partial charge on any atom is -0.352 e. The number of hydrogen-bond donors (Lipinski definition) is 0. The fourth-order valence-corrected chi connectivity index (χ4v) is 5.71. The lowest BCUT2D eigenvalue weighted by Gasteiger charge is -2.35. The van der Waals surface area contributed by atoms with Crippen LogP contribution >= 0.6 is 34.3 Å². The first-order valence-electron chi connectivity index (χ1n) is 10.1. The number of nitrogens with zero attached hydrogens (tertiary/aromatic N) is 8. The lowest BCUT2D eigenvalue weighted by molar-refractivity contribution is 0.645. The molecule has 0 N–H and O–H groups in total. The standard InChI is InChI=1S/C21H17ClN8S2/c22-14-3-1-4-15(11-14)30-19-16(12-25-30)18(23-13-24-19)28-6-8-29(9-7-28)21-27-26-20(32-21)17-5-2-10-31-17/h1-5,10-13H,6-9H2. The Morgan fingerprint density at radius 2 is 1.81 bits per heavy atom. The SMILES string of the molecule is Clc1cccc(-n2ncc3c(N4CCN(c5nnc(-c6cccs6)s5)CC4)ncnc32)c1. The van der Waals surface area contributed by atoms with E-state index < -0.39 is 0 Å². The molecule has 0 saturated carbocycles. The minimum absolute atomic E-state index is 0.662. The Hall–Kier alpha value is -3.08. The molecule has 6 rings (SSSR count). The van der Waals surface area contributed by atoms with E-state index in [1.165, 1.54) is 0 Å². The van der Waals surface area contributed by atoms with Crippen molar-refractivity contribution in [3.05, 3.63) is 59.3 Å². The van der Waals surface area contributed by atoms with Crippen LogP contribution in [0.2, 0.25) is 5.02 Å². The summed E-state index contributed by atoms with van der Waals surface area (Å²) in [5.74, 6) is 0.902. The first kappa shape index (κ1) is 19.6. The zero-order valence-electron chi connectivity index (χ0n) is 16.8. The molecule has 5 heterocycles. The van der Waals surface area contributed by atoms with E-state index in [9.17, 15) is 0 Å². The maximum Gasteiger partial charge on any atom is 0.208 e. The van der Waals surface area contributed by atoms with Crippen molar-refractivity contribution in [2.45, 2.75) is 0 Å². The van der Waals surface area contributed by atoms with E-state index in [1.807, 2.05) is 36.5 Å². The molecule has 11 heteroatoms. The minimum atomic E-state index is 0.662. The van der Waals surface area contributed by atoms with Gasteiger partial charge in [0.15, 0.2) is 10.7 Å². The van der Waals surface area contributed by atoms with Crippen LogP contribution in [0.15, 0.2) is 54.3 Å². The maximum absolute atomic E-state index is 6.17. The average molecular weight is 481 g/mol. The van der Waals surface area contributed by atoms with Gasteiger partial charge in [0.25, 0.3) is 0 Å². The predicted octanol–water partition coefficient (Wildman–Crippen LogP) is 4.38. The number of thiophene rings is 1.